The van der Waals surface area contributed by atoms with Gasteiger partial charge in [-0.2, -0.15) is 0 Å². The summed E-state index contributed by atoms with van der Waals surface area (Å²) in [6.45, 7) is 3.87. The van der Waals surface area contributed by atoms with Gasteiger partial charge in [0.2, 0.25) is 5.82 Å². The molecule has 4 N–H and O–H groups in total. The third-order valence-corrected chi connectivity index (χ3v) is 3.35. The Hall–Kier alpha value is -2.19. The average molecular weight is 316 g/mol. The summed E-state index contributed by atoms with van der Waals surface area (Å²) in [6.07, 6.45) is 0.990. The zero-order valence-electron chi connectivity index (χ0n) is 13.2. The standard InChI is InChI=1S/C15H21BN4O3/c1-10(2)8-12(16(22)23)17-15(21)14-18-13(19-20-14)9-11-6-4-3-5-7-11/h3-7,10,12,22-23H,8-9H2,1-2H3,(H,17,21)(H,18,19,20)/t12-/m0/s1. The fourth-order valence-corrected chi connectivity index (χ4v) is 2.26. The lowest BCUT2D eigenvalue weighted by molar-refractivity contribution is 0.0928. The minimum atomic E-state index is -1.62. The van der Waals surface area contributed by atoms with Crippen molar-refractivity contribution in [3.63, 3.8) is 0 Å². The molecule has 1 aromatic carbocycles. The second-order valence-electron chi connectivity index (χ2n) is 5.89. The number of hydrogen-bond donors (Lipinski definition) is 4. The van der Waals surface area contributed by atoms with Crippen LogP contribution in [0.25, 0.3) is 0 Å². The summed E-state index contributed by atoms with van der Waals surface area (Å²) in [5.74, 6) is -0.502. The van der Waals surface area contributed by atoms with E-state index in [-0.39, 0.29) is 11.7 Å². The van der Waals surface area contributed by atoms with Gasteiger partial charge < -0.3 is 15.4 Å². The quantitative estimate of drug-likeness (QED) is 0.558. The molecule has 7 nitrogen and oxygen atoms in total. The summed E-state index contributed by atoms with van der Waals surface area (Å²) >= 11 is 0. The van der Waals surface area contributed by atoms with Crippen molar-refractivity contribution in [2.45, 2.75) is 32.6 Å². The van der Waals surface area contributed by atoms with E-state index in [1.54, 1.807) is 0 Å². The van der Waals surface area contributed by atoms with Gasteiger partial charge in [-0.3, -0.25) is 9.89 Å². The van der Waals surface area contributed by atoms with E-state index in [1.165, 1.54) is 0 Å². The van der Waals surface area contributed by atoms with Crippen molar-refractivity contribution in [3.8, 4) is 0 Å². The van der Waals surface area contributed by atoms with Gasteiger partial charge >= 0.3 is 7.12 Å². The number of aromatic amines is 1. The molecule has 0 aliphatic rings. The Balaban J connectivity index is 2.00. The number of aromatic nitrogens is 3. The molecule has 0 fully saturated rings. The lowest BCUT2D eigenvalue weighted by Crippen LogP contribution is -2.47. The van der Waals surface area contributed by atoms with Gasteiger partial charge in [0.15, 0.2) is 0 Å². The SMILES string of the molecule is CC(C)C[C@H](NC(=O)c1n[nH]c(Cc2ccccc2)n1)B(O)O. The van der Waals surface area contributed by atoms with Crippen LogP contribution in [-0.4, -0.2) is 44.2 Å². The summed E-state index contributed by atoms with van der Waals surface area (Å²) in [7, 11) is -1.62. The molecule has 0 unspecified atom stereocenters. The number of amides is 1. The summed E-state index contributed by atoms with van der Waals surface area (Å²) in [5, 5.41) is 27.9. The molecule has 0 aliphatic carbocycles. The maximum absolute atomic E-state index is 12.1. The molecular formula is C15H21BN4O3. The largest absolute Gasteiger partial charge is 0.475 e. The molecular weight excluding hydrogens is 295 g/mol. The van der Waals surface area contributed by atoms with Crippen LogP contribution in [0.1, 0.15) is 42.3 Å². The van der Waals surface area contributed by atoms with Gasteiger partial charge in [-0.15, -0.1) is 5.10 Å². The lowest BCUT2D eigenvalue weighted by atomic mass is 9.75. The first-order valence-corrected chi connectivity index (χ1v) is 7.58. The van der Waals surface area contributed by atoms with E-state index in [2.05, 4.69) is 20.5 Å². The van der Waals surface area contributed by atoms with Crippen molar-refractivity contribution >= 4 is 13.0 Å². The Labute approximate surface area is 135 Å². The van der Waals surface area contributed by atoms with E-state index in [9.17, 15) is 14.8 Å². The number of carbonyl (C=O) groups is 1. The molecule has 2 rings (SSSR count). The van der Waals surface area contributed by atoms with E-state index >= 15 is 0 Å². The van der Waals surface area contributed by atoms with Crippen LogP contribution in [0.3, 0.4) is 0 Å². The first kappa shape index (κ1) is 17.2. The summed E-state index contributed by atoms with van der Waals surface area (Å²) in [4.78, 5) is 16.3. The number of carbonyl (C=O) groups excluding carboxylic acids is 1. The van der Waals surface area contributed by atoms with Crippen LogP contribution in [-0.2, 0) is 6.42 Å². The van der Waals surface area contributed by atoms with Crippen molar-refractivity contribution in [1.82, 2.24) is 20.5 Å². The third kappa shape index (κ3) is 5.19. The number of nitrogens with one attached hydrogen (secondary N) is 2. The van der Waals surface area contributed by atoms with E-state index in [0.717, 1.165) is 5.56 Å². The van der Waals surface area contributed by atoms with Gasteiger partial charge in [0.05, 0.1) is 5.94 Å². The maximum Gasteiger partial charge on any atom is 0.475 e. The Bertz CT molecular complexity index is 631. The minimum absolute atomic E-state index is 0.00895. The molecule has 1 atom stereocenters. The molecule has 23 heavy (non-hydrogen) atoms. The van der Waals surface area contributed by atoms with E-state index in [1.807, 2.05) is 44.2 Å². The van der Waals surface area contributed by atoms with Crippen LogP contribution in [0, 0.1) is 5.92 Å². The molecule has 1 aromatic heterocycles. The molecule has 0 saturated heterocycles. The molecule has 0 saturated carbocycles. The average Bonchev–Trinajstić information content (AvgIpc) is 2.95. The first-order valence-electron chi connectivity index (χ1n) is 7.58. The number of H-pyrrole nitrogens is 1. The monoisotopic (exact) mass is 316 g/mol. The van der Waals surface area contributed by atoms with Crippen molar-refractivity contribution in [2.24, 2.45) is 5.92 Å². The molecule has 0 spiro atoms. The maximum atomic E-state index is 12.1. The van der Waals surface area contributed by atoms with Crippen LogP contribution in [0.5, 0.6) is 0 Å². The molecule has 122 valence electrons. The highest BCUT2D eigenvalue weighted by Crippen LogP contribution is 2.08. The number of hydrogen-bond acceptors (Lipinski definition) is 5. The highest BCUT2D eigenvalue weighted by Gasteiger charge is 2.27. The van der Waals surface area contributed by atoms with Crippen LogP contribution in [0.15, 0.2) is 30.3 Å². The lowest BCUT2D eigenvalue weighted by Gasteiger charge is -2.18. The van der Waals surface area contributed by atoms with Gasteiger partial charge in [0, 0.05) is 6.42 Å². The van der Waals surface area contributed by atoms with Gasteiger partial charge in [0.1, 0.15) is 5.82 Å². The Morgan fingerprint density at radius 2 is 2.00 bits per heavy atom. The van der Waals surface area contributed by atoms with Crippen molar-refractivity contribution in [3.05, 3.63) is 47.5 Å². The van der Waals surface area contributed by atoms with Crippen LogP contribution in [0.4, 0.5) is 0 Å². The van der Waals surface area contributed by atoms with Gasteiger partial charge in [-0.05, 0) is 17.9 Å². The predicted octanol–water partition coefficient (Wildman–Crippen LogP) is 0.552. The zero-order valence-corrected chi connectivity index (χ0v) is 13.2. The fourth-order valence-electron chi connectivity index (χ4n) is 2.26. The van der Waals surface area contributed by atoms with Crippen LogP contribution >= 0.6 is 0 Å². The molecule has 1 heterocycles. The predicted molar refractivity (Wildman–Crippen MR) is 86.5 cm³/mol. The molecule has 0 bridgehead atoms. The van der Waals surface area contributed by atoms with Crippen molar-refractivity contribution in [1.29, 1.82) is 0 Å². The van der Waals surface area contributed by atoms with Crippen LogP contribution in [0.2, 0.25) is 0 Å². The Morgan fingerprint density at radius 1 is 1.30 bits per heavy atom. The topological polar surface area (TPSA) is 111 Å². The van der Waals surface area contributed by atoms with E-state index < -0.39 is 19.0 Å². The summed E-state index contributed by atoms with van der Waals surface area (Å²) in [5.41, 5.74) is 1.05. The molecule has 2 aromatic rings. The zero-order chi connectivity index (χ0) is 16.8. The van der Waals surface area contributed by atoms with Crippen molar-refractivity contribution < 1.29 is 14.8 Å². The Morgan fingerprint density at radius 3 is 2.61 bits per heavy atom. The summed E-state index contributed by atoms with van der Waals surface area (Å²) < 4.78 is 0. The normalized spacial score (nSPS) is 12.2. The second-order valence-corrected chi connectivity index (χ2v) is 5.89. The van der Waals surface area contributed by atoms with E-state index in [4.69, 9.17) is 0 Å². The van der Waals surface area contributed by atoms with E-state index in [0.29, 0.717) is 18.7 Å². The minimum Gasteiger partial charge on any atom is -0.426 e. The number of rotatable bonds is 7. The Kier molecular flexibility index (Phi) is 5.89. The molecule has 0 aliphatic heterocycles. The fraction of sp³-hybridized carbons (Fsp3) is 0.400. The van der Waals surface area contributed by atoms with Gasteiger partial charge in [-0.1, -0.05) is 44.2 Å². The summed E-state index contributed by atoms with van der Waals surface area (Å²) in [6, 6.07) is 9.71. The third-order valence-electron chi connectivity index (χ3n) is 3.35. The highest BCUT2D eigenvalue weighted by molar-refractivity contribution is 6.43. The number of benzene rings is 1. The molecule has 8 heteroatoms. The number of nitrogens with zero attached hydrogens (tertiary/aromatic N) is 2. The first-order chi connectivity index (χ1) is 11.0. The molecule has 0 radical (unpaired) electrons. The van der Waals surface area contributed by atoms with Crippen molar-refractivity contribution in [2.75, 3.05) is 0 Å². The smallest absolute Gasteiger partial charge is 0.426 e. The van der Waals surface area contributed by atoms with Crippen LogP contribution < -0.4 is 5.32 Å². The van der Waals surface area contributed by atoms with Gasteiger partial charge in [0.25, 0.3) is 5.91 Å². The highest BCUT2D eigenvalue weighted by atomic mass is 16.4. The molecule has 1 amide bonds. The second kappa shape index (κ2) is 7.89. The van der Waals surface area contributed by atoms with Gasteiger partial charge in [-0.25, -0.2) is 4.98 Å².